The third-order valence-corrected chi connectivity index (χ3v) is 7.02. The van der Waals surface area contributed by atoms with Crippen molar-refractivity contribution in [3.8, 4) is 28.7 Å². The van der Waals surface area contributed by atoms with Crippen LogP contribution in [0.1, 0.15) is 60.5 Å². The van der Waals surface area contributed by atoms with E-state index in [0.29, 0.717) is 52.3 Å². The van der Waals surface area contributed by atoms with Gasteiger partial charge in [-0.15, -0.1) is 0 Å². The second kappa shape index (κ2) is 12.7. The van der Waals surface area contributed by atoms with E-state index >= 15 is 0 Å². The standard InChI is InChI=1S/C31H35FO8/c1-16-19(4)27(21(6)28(36-7)24(16)30(33)34)40-31(35)25-17(2)18(3)26(20(5)29(25)37-8)39-15-11-14-38-23-13-10-9-12-22(23)32/h9-10,12-13H,11,14-15H2,1-8H3,(H,33,34). The lowest BCUT2D eigenvalue weighted by atomic mass is 9.96. The number of rotatable bonds is 11. The van der Waals surface area contributed by atoms with Gasteiger partial charge >= 0.3 is 11.9 Å². The molecule has 40 heavy (non-hydrogen) atoms. The first-order valence-electron chi connectivity index (χ1n) is 12.8. The number of ether oxygens (including phenoxy) is 5. The molecule has 1 N–H and O–H groups in total. The summed E-state index contributed by atoms with van der Waals surface area (Å²) >= 11 is 0. The molecular formula is C31H35FO8. The van der Waals surface area contributed by atoms with Gasteiger partial charge in [0.15, 0.2) is 11.6 Å². The molecule has 214 valence electrons. The number of hydrogen-bond acceptors (Lipinski definition) is 7. The molecule has 8 nitrogen and oxygen atoms in total. The highest BCUT2D eigenvalue weighted by molar-refractivity contribution is 5.98. The number of carbonyl (C=O) groups is 2. The lowest BCUT2D eigenvalue weighted by molar-refractivity contribution is 0.0692. The molecule has 0 fully saturated rings. The monoisotopic (exact) mass is 554 g/mol. The number of hydrogen-bond donors (Lipinski definition) is 1. The lowest BCUT2D eigenvalue weighted by Crippen LogP contribution is -2.17. The molecule has 0 saturated heterocycles. The van der Waals surface area contributed by atoms with Gasteiger partial charge < -0.3 is 28.8 Å². The quantitative estimate of drug-likeness (QED) is 0.164. The average Bonchev–Trinajstić information content (AvgIpc) is 2.92. The molecular weight excluding hydrogens is 519 g/mol. The summed E-state index contributed by atoms with van der Waals surface area (Å²) in [7, 11) is 2.84. The normalized spacial score (nSPS) is 10.7. The molecule has 0 heterocycles. The largest absolute Gasteiger partial charge is 0.495 e. The smallest absolute Gasteiger partial charge is 0.347 e. The van der Waals surface area contributed by atoms with Crippen molar-refractivity contribution in [1.29, 1.82) is 0 Å². The summed E-state index contributed by atoms with van der Waals surface area (Å²) in [6, 6.07) is 6.21. The van der Waals surface area contributed by atoms with E-state index in [9.17, 15) is 19.1 Å². The van der Waals surface area contributed by atoms with E-state index in [2.05, 4.69) is 0 Å². The summed E-state index contributed by atoms with van der Waals surface area (Å²) in [5.74, 6) is -0.758. The number of benzene rings is 3. The number of halogens is 1. The van der Waals surface area contributed by atoms with E-state index in [1.165, 1.54) is 20.3 Å². The van der Waals surface area contributed by atoms with E-state index in [1.54, 1.807) is 52.8 Å². The number of carboxylic acid groups (broad SMARTS) is 1. The van der Waals surface area contributed by atoms with Crippen LogP contribution in [0.2, 0.25) is 0 Å². The zero-order chi connectivity index (χ0) is 29.7. The Morgan fingerprint density at radius 1 is 0.700 bits per heavy atom. The highest BCUT2D eigenvalue weighted by Gasteiger charge is 2.29. The highest BCUT2D eigenvalue weighted by Crippen LogP contribution is 2.41. The third kappa shape index (κ3) is 5.83. The summed E-state index contributed by atoms with van der Waals surface area (Å²) in [5, 5.41) is 9.69. The van der Waals surface area contributed by atoms with E-state index in [1.807, 2.05) is 6.92 Å². The Morgan fingerprint density at radius 2 is 1.23 bits per heavy atom. The van der Waals surface area contributed by atoms with E-state index in [4.69, 9.17) is 23.7 Å². The fraction of sp³-hybridized carbons (Fsp3) is 0.355. The fourth-order valence-corrected chi connectivity index (χ4v) is 4.70. The Morgan fingerprint density at radius 3 is 1.82 bits per heavy atom. The fourth-order valence-electron chi connectivity index (χ4n) is 4.70. The van der Waals surface area contributed by atoms with Gasteiger partial charge in [0.1, 0.15) is 34.1 Å². The number of carboxylic acids is 1. The van der Waals surface area contributed by atoms with Crippen LogP contribution in [-0.4, -0.2) is 44.5 Å². The Balaban J connectivity index is 1.87. The SMILES string of the molecule is COc1c(C)c(OC(=O)c2c(C)c(C)c(OCCCOc3ccccc3F)c(C)c2OC)c(C)c(C)c1C(=O)O. The van der Waals surface area contributed by atoms with E-state index in [-0.39, 0.29) is 35.0 Å². The average molecular weight is 555 g/mol. The predicted molar refractivity (Wildman–Crippen MR) is 148 cm³/mol. The summed E-state index contributed by atoms with van der Waals surface area (Å²) in [6.45, 7) is 11.0. The molecule has 0 spiro atoms. The second-order valence-corrected chi connectivity index (χ2v) is 9.40. The van der Waals surface area contributed by atoms with Crippen molar-refractivity contribution in [2.75, 3.05) is 27.4 Å². The molecule has 3 rings (SSSR count). The molecule has 3 aromatic rings. The van der Waals surface area contributed by atoms with E-state index in [0.717, 1.165) is 5.56 Å². The Labute approximate surface area is 233 Å². The van der Waals surface area contributed by atoms with Gasteiger partial charge in [0, 0.05) is 17.5 Å². The first kappa shape index (κ1) is 30.3. The van der Waals surface area contributed by atoms with Crippen LogP contribution in [0, 0.1) is 47.4 Å². The van der Waals surface area contributed by atoms with Gasteiger partial charge in [0.05, 0.1) is 27.4 Å². The molecule has 0 radical (unpaired) electrons. The Hall–Kier alpha value is -4.27. The molecule has 0 bridgehead atoms. The zero-order valence-electron chi connectivity index (χ0n) is 24.1. The van der Waals surface area contributed by atoms with Crippen LogP contribution in [0.4, 0.5) is 4.39 Å². The molecule has 0 aliphatic rings. The minimum Gasteiger partial charge on any atom is -0.495 e. The van der Waals surface area contributed by atoms with Crippen molar-refractivity contribution in [1.82, 2.24) is 0 Å². The predicted octanol–water partition coefficient (Wildman–Crippen LogP) is 6.46. The molecule has 0 amide bonds. The summed E-state index contributed by atoms with van der Waals surface area (Å²) in [4.78, 5) is 25.4. The molecule has 0 aromatic heterocycles. The van der Waals surface area contributed by atoms with Crippen molar-refractivity contribution in [3.63, 3.8) is 0 Å². The van der Waals surface area contributed by atoms with E-state index < -0.39 is 17.8 Å². The number of para-hydroxylation sites is 1. The zero-order valence-corrected chi connectivity index (χ0v) is 24.1. The van der Waals surface area contributed by atoms with Crippen molar-refractivity contribution < 1.29 is 42.8 Å². The molecule has 0 aliphatic heterocycles. The van der Waals surface area contributed by atoms with Gasteiger partial charge in [-0.05, 0) is 75.9 Å². The minimum atomic E-state index is -1.13. The molecule has 9 heteroatoms. The van der Waals surface area contributed by atoms with Gasteiger partial charge in [0.25, 0.3) is 0 Å². The third-order valence-electron chi connectivity index (χ3n) is 7.02. The lowest BCUT2D eigenvalue weighted by Gasteiger charge is -2.22. The first-order chi connectivity index (χ1) is 19.0. The summed E-state index contributed by atoms with van der Waals surface area (Å²) < 4.78 is 42.2. The Kier molecular flexibility index (Phi) is 9.63. The number of aromatic carboxylic acids is 1. The molecule has 0 aliphatic carbocycles. The Bertz CT molecular complexity index is 1440. The first-order valence-corrected chi connectivity index (χ1v) is 12.8. The minimum absolute atomic E-state index is 0.0264. The van der Waals surface area contributed by atoms with Crippen molar-refractivity contribution in [3.05, 3.63) is 74.6 Å². The van der Waals surface area contributed by atoms with Gasteiger partial charge in [0.2, 0.25) is 0 Å². The van der Waals surface area contributed by atoms with Gasteiger partial charge in [-0.25, -0.2) is 14.0 Å². The molecule has 3 aromatic carbocycles. The molecule has 0 saturated carbocycles. The van der Waals surface area contributed by atoms with Crippen LogP contribution in [-0.2, 0) is 0 Å². The van der Waals surface area contributed by atoms with Crippen LogP contribution >= 0.6 is 0 Å². The number of methoxy groups -OCH3 is 2. The maximum absolute atomic E-state index is 13.8. The summed E-state index contributed by atoms with van der Waals surface area (Å²) in [5.41, 5.74) is 3.61. The second-order valence-electron chi connectivity index (χ2n) is 9.40. The van der Waals surface area contributed by atoms with Gasteiger partial charge in [-0.3, -0.25) is 0 Å². The number of carbonyl (C=O) groups excluding carboxylic acids is 1. The van der Waals surface area contributed by atoms with Crippen LogP contribution in [0.25, 0.3) is 0 Å². The van der Waals surface area contributed by atoms with Crippen LogP contribution < -0.4 is 23.7 Å². The molecule has 0 unspecified atom stereocenters. The topological polar surface area (TPSA) is 101 Å². The van der Waals surface area contributed by atoms with Crippen molar-refractivity contribution >= 4 is 11.9 Å². The van der Waals surface area contributed by atoms with Crippen LogP contribution in [0.3, 0.4) is 0 Å². The van der Waals surface area contributed by atoms with Crippen LogP contribution in [0.5, 0.6) is 28.7 Å². The van der Waals surface area contributed by atoms with Gasteiger partial charge in [-0.1, -0.05) is 12.1 Å². The van der Waals surface area contributed by atoms with Crippen molar-refractivity contribution in [2.45, 2.75) is 48.0 Å². The van der Waals surface area contributed by atoms with Gasteiger partial charge in [-0.2, -0.15) is 0 Å². The molecule has 0 atom stereocenters. The van der Waals surface area contributed by atoms with Crippen LogP contribution in [0.15, 0.2) is 24.3 Å². The number of esters is 1. The summed E-state index contributed by atoms with van der Waals surface area (Å²) in [6.07, 6.45) is 0.504. The maximum atomic E-state index is 13.8. The maximum Gasteiger partial charge on any atom is 0.347 e. The van der Waals surface area contributed by atoms with Crippen molar-refractivity contribution in [2.24, 2.45) is 0 Å². The highest BCUT2D eigenvalue weighted by atomic mass is 19.1.